The summed E-state index contributed by atoms with van der Waals surface area (Å²) in [5, 5.41) is 30.4. The van der Waals surface area contributed by atoms with Gasteiger partial charge in [0, 0.05) is 37.7 Å². The SMILES string of the molecule is C=CCN(CC=C)S(=O)(=O)c1cc([N+](=O)[O-])ccc1N=Nc1c(O)n(C)c2ccccc12. The van der Waals surface area contributed by atoms with Crippen molar-refractivity contribution in [1.29, 1.82) is 0 Å². The molecular weight excluding hydrogens is 434 g/mol. The molecule has 10 nitrogen and oxygen atoms in total. The zero-order valence-corrected chi connectivity index (χ0v) is 18.1. The number of rotatable bonds is 9. The average Bonchev–Trinajstić information content (AvgIpc) is 3.02. The minimum Gasteiger partial charge on any atom is -0.493 e. The fraction of sp³-hybridized carbons (Fsp3) is 0.143. The van der Waals surface area contributed by atoms with Crippen LogP contribution < -0.4 is 0 Å². The number of nitro benzene ring substituents is 1. The van der Waals surface area contributed by atoms with Gasteiger partial charge in [-0.1, -0.05) is 30.4 Å². The van der Waals surface area contributed by atoms with E-state index >= 15 is 0 Å². The van der Waals surface area contributed by atoms with Crippen molar-refractivity contribution in [3.63, 3.8) is 0 Å². The third-order valence-electron chi connectivity index (χ3n) is 4.75. The summed E-state index contributed by atoms with van der Waals surface area (Å²) < 4.78 is 29.1. The quantitative estimate of drug-likeness (QED) is 0.219. The first-order chi connectivity index (χ1) is 15.2. The maximum Gasteiger partial charge on any atom is 0.270 e. The number of nitrogens with zero attached hydrogens (tertiary/aromatic N) is 5. The molecule has 11 heteroatoms. The molecule has 2 aromatic carbocycles. The van der Waals surface area contributed by atoms with Crippen molar-refractivity contribution in [3.8, 4) is 5.88 Å². The minimum atomic E-state index is -4.20. The molecule has 32 heavy (non-hydrogen) atoms. The lowest BCUT2D eigenvalue weighted by atomic mass is 10.2. The van der Waals surface area contributed by atoms with E-state index in [1.807, 2.05) is 0 Å². The molecule has 0 radical (unpaired) electrons. The molecule has 0 saturated carbocycles. The van der Waals surface area contributed by atoms with Crippen molar-refractivity contribution in [2.24, 2.45) is 17.3 Å². The van der Waals surface area contributed by atoms with E-state index in [2.05, 4.69) is 23.4 Å². The number of hydrogen-bond acceptors (Lipinski definition) is 7. The van der Waals surface area contributed by atoms with Crippen molar-refractivity contribution in [1.82, 2.24) is 8.87 Å². The zero-order valence-electron chi connectivity index (χ0n) is 17.2. The zero-order chi connectivity index (χ0) is 23.5. The van der Waals surface area contributed by atoms with Gasteiger partial charge in [0.2, 0.25) is 15.9 Å². The van der Waals surface area contributed by atoms with E-state index < -0.39 is 20.6 Å². The number of non-ortho nitro benzene ring substituents is 1. The molecule has 0 aliphatic rings. The van der Waals surface area contributed by atoms with E-state index in [1.165, 1.54) is 22.8 Å². The summed E-state index contributed by atoms with van der Waals surface area (Å²) in [6.45, 7) is 7.05. The Labute approximate surface area is 184 Å². The van der Waals surface area contributed by atoms with Gasteiger partial charge in [0.15, 0.2) is 5.69 Å². The van der Waals surface area contributed by atoms with Gasteiger partial charge in [-0.15, -0.1) is 23.4 Å². The summed E-state index contributed by atoms with van der Waals surface area (Å²) in [6, 6.07) is 10.4. The number of sulfonamides is 1. The molecule has 166 valence electrons. The monoisotopic (exact) mass is 455 g/mol. The Balaban J connectivity index is 2.18. The number of hydrogen-bond donors (Lipinski definition) is 1. The van der Waals surface area contributed by atoms with Crippen molar-refractivity contribution < 1.29 is 18.4 Å². The highest BCUT2D eigenvalue weighted by atomic mass is 32.2. The van der Waals surface area contributed by atoms with Crippen LogP contribution in [0.2, 0.25) is 0 Å². The maximum atomic E-state index is 13.3. The first-order valence-corrected chi connectivity index (χ1v) is 10.8. The van der Waals surface area contributed by atoms with Crippen molar-refractivity contribution in [2.75, 3.05) is 13.1 Å². The highest BCUT2D eigenvalue weighted by Crippen LogP contribution is 2.39. The van der Waals surface area contributed by atoms with Gasteiger partial charge in [0.25, 0.3) is 5.69 Å². The molecular formula is C21H21N5O5S. The van der Waals surface area contributed by atoms with Crippen LogP contribution in [0.15, 0.2) is 82.9 Å². The van der Waals surface area contributed by atoms with Crippen molar-refractivity contribution in [2.45, 2.75) is 4.90 Å². The van der Waals surface area contributed by atoms with Crippen LogP contribution in [0.3, 0.4) is 0 Å². The van der Waals surface area contributed by atoms with Gasteiger partial charge in [-0.3, -0.25) is 10.1 Å². The highest BCUT2D eigenvalue weighted by Gasteiger charge is 2.28. The Morgan fingerprint density at radius 2 is 1.81 bits per heavy atom. The van der Waals surface area contributed by atoms with Gasteiger partial charge in [0.05, 0.1) is 10.4 Å². The molecule has 1 aromatic heterocycles. The summed E-state index contributed by atoms with van der Waals surface area (Å²) >= 11 is 0. The number of para-hydroxylation sites is 1. The predicted octanol–water partition coefficient (Wildman–Crippen LogP) is 4.57. The van der Waals surface area contributed by atoms with Crippen LogP contribution in [0.1, 0.15) is 0 Å². The lowest BCUT2D eigenvalue weighted by Gasteiger charge is -2.19. The Hall–Kier alpha value is -3.83. The standard InChI is InChI=1S/C21H21N5O5S/c1-4-12-25(13-5-2)32(30,31)19-14-15(26(28)29)10-11-17(19)22-23-20-16-8-6-7-9-18(16)24(3)21(20)27/h4-11,14,27H,1-2,12-13H2,3H3. The van der Waals surface area contributed by atoms with E-state index in [4.69, 9.17) is 0 Å². The number of fused-ring (bicyclic) bond motifs is 1. The highest BCUT2D eigenvalue weighted by molar-refractivity contribution is 7.89. The molecule has 1 heterocycles. The second-order valence-electron chi connectivity index (χ2n) is 6.76. The normalized spacial score (nSPS) is 11.9. The summed E-state index contributed by atoms with van der Waals surface area (Å²) in [5.41, 5.74) is 0.339. The third-order valence-corrected chi connectivity index (χ3v) is 6.61. The largest absolute Gasteiger partial charge is 0.493 e. The second kappa shape index (κ2) is 9.12. The van der Waals surface area contributed by atoms with Crippen LogP contribution in [-0.4, -0.2) is 40.4 Å². The molecule has 0 spiro atoms. The van der Waals surface area contributed by atoms with Gasteiger partial charge < -0.3 is 9.67 Å². The van der Waals surface area contributed by atoms with Gasteiger partial charge in [-0.25, -0.2) is 8.42 Å². The number of aryl methyl sites for hydroxylation is 1. The molecule has 0 unspecified atom stereocenters. The molecule has 3 rings (SSSR count). The molecule has 0 aliphatic carbocycles. The number of aromatic hydroxyl groups is 1. The molecule has 0 bridgehead atoms. The summed E-state index contributed by atoms with van der Waals surface area (Å²) in [7, 11) is -2.55. The van der Waals surface area contributed by atoms with Gasteiger partial charge in [-0.05, 0) is 12.1 Å². The lowest BCUT2D eigenvalue weighted by Crippen LogP contribution is -2.31. The van der Waals surface area contributed by atoms with Crippen LogP contribution in [-0.2, 0) is 17.1 Å². The summed E-state index contributed by atoms with van der Waals surface area (Å²) in [5.74, 6) is -0.152. The van der Waals surface area contributed by atoms with Crippen LogP contribution in [0.25, 0.3) is 10.9 Å². The molecule has 0 atom stereocenters. The molecule has 1 N–H and O–H groups in total. The van der Waals surface area contributed by atoms with E-state index in [1.54, 1.807) is 31.3 Å². The Kier molecular flexibility index (Phi) is 6.51. The maximum absolute atomic E-state index is 13.3. The minimum absolute atomic E-state index is 0.0300. The number of benzene rings is 2. The third kappa shape index (κ3) is 4.15. The molecule has 0 saturated heterocycles. The van der Waals surface area contributed by atoms with E-state index in [0.29, 0.717) is 10.9 Å². The van der Waals surface area contributed by atoms with E-state index in [-0.39, 0.29) is 35.2 Å². The fourth-order valence-corrected chi connectivity index (χ4v) is 4.69. The van der Waals surface area contributed by atoms with Crippen LogP contribution in [0, 0.1) is 10.1 Å². The number of azo groups is 1. The van der Waals surface area contributed by atoms with Gasteiger partial charge in [0.1, 0.15) is 10.6 Å². The van der Waals surface area contributed by atoms with Crippen LogP contribution >= 0.6 is 0 Å². The second-order valence-corrected chi connectivity index (χ2v) is 8.66. The summed E-state index contributed by atoms with van der Waals surface area (Å²) in [4.78, 5) is 10.2. The van der Waals surface area contributed by atoms with Crippen LogP contribution in [0.5, 0.6) is 5.88 Å². The van der Waals surface area contributed by atoms with Gasteiger partial charge in [-0.2, -0.15) is 4.31 Å². The molecule has 3 aromatic rings. The fourth-order valence-electron chi connectivity index (χ4n) is 3.17. The van der Waals surface area contributed by atoms with Crippen molar-refractivity contribution >= 4 is 38.0 Å². The predicted molar refractivity (Wildman–Crippen MR) is 121 cm³/mol. The first kappa shape index (κ1) is 22.8. The molecule has 0 fully saturated rings. The smallest absolute Gasteiger partial charge is 0.270 e. The van der Waals surface area contributed by atoms with Crippen molar-refractivity contribution in [3.05, 3.63) is 77.9 Å². The van der Waals surface area contributed by atoms with E-state index in [9.17, 15) is 23.6 Å². The van der Waals surface area contributed by atoms with Gasteiger partial charge >= 0.3 is 0 Å². The average molecular weight is 455 g/mol. The molecule has 0 aliphatic heterocycles. The number of aromatic nitrogens is 1. The molecule has 0 amide bonds. The summed E-state index contributed by atoms with van der Waals surface area (Å²) in [6.07, 6.45) is 2.79. The van der Waals surface area contributed by atoms with Crippen LogP contribution in [0.4, 0.5) is 17.1 Å². The first-order valence-electron chi connectivity index (χ1n) is 9.40. The topological polar surface area (TPSA) is 130 Å². The Morgan fingerprint density at radius 1 is 1.16 bits per heavy atom. The Bertz CT molecular complexity index is 1330. The lowest BCUT2D eigenvalue weighted by molar-refractivity contribution is -0.385. The van der Waals surface area contributed by atoms with E-state index in [0.717, 1.165) is 16.4 Å². The Morgan fingerprint density at radius 3 is 2.44 bits per heavy atom. The number of nitro groups is 1.